The molecule has 4 nitrogen and oxygen atoms in total. The Morgan fingerprint density at radius 1 is 1.21 bits per heavy atom. The molecule has 0 spiro atoms. The Morgan fingerprint density at radius 3 is 2.50 bits per heavy atom. The highest BCUT2D eigenvalue weighted by atomic mass is 19.4. The summed E-state index contributed by atoms with van der Waals surface area (Å²) in [7, 11) is 1.74. The van der Waals surface area contributed by atoms with E-state index in [-0.39, 0.29) is 11.9 Å². The number of piperidine rings is 1. The van der Waals surface area contributed by atoms with Gasteiger partial charge in [-0.25, -0.2) is 0 Å². The minimum Gasteiger partial charge on any atom is -0.332 e. The topological polar surface area (TPSA) is 38.1 Å². The number of alkyl halides is 3. The molecule has 0 aliphatic carbocycles. The van der Waals surface area contributed by atoms with E-state index in [9.17, 15) is 18.0 Å². The number of likely N-dealkylation sites (tertiary alicyclic amines) is 1. The van der Waals surface area contributed by atoms with Crippen LogP contribution in [0, 0.1) is 0 Å². The third-order valence-corrected chi connectivity index (χ3v) is 4.34. The van der Waals surface area contributed by atoms with E-state index in [4.69, 9.17) is 0 Å². The number of hydrogen-bond acceptors (Lipinski definition) is 2. The minimum absolute atomic E-state index is 0.132. The average molecular weight is 337 g/mol. The van der Waals surface area contributed by atoms with Crippen molar-refractivity contribution in [3.63, 3.8) is 0 Å². The lowest BCUT2D eigenvalue weighted by Gasteiger charge is -2.36. The molecule has 24 heavy (non-hydrogen) atoms. The van der Waals surface area contributed by atoms with E-state index in [1.807, 2.05) is 0 Å². The number of aryl methyl sites for hydroxylation is 1. The Labute approximate surface area is 137 Å². The highest BCUT2D eigenvalue weighted by Crippen LogP contribution is 2.34. The zero-order chi connectivity index (χ0) is 17.3. The van der Waals surface area contributed by atoms with Gasteiger partial charge in [-0.15, -0.1) is 0 Å². The first-order valence-electron chi connectivity index (χ1n) is 7.83. The van der Waals surface area contributed by atoms with Crippen LogP contribution in [0.1, 0.15) is 46.8 Å². The molecule has 1 aliphatic heterocycles. The van der Waals surface area contributed by atoms with Crippen LogP contribution in [0.4, 0.5) is 13.2 Å². The number of nitrogens with zero attached hydrogens (tertiary/aromatic N) is 3. The van der Waals surface area contributed by atoms with Crippen molar-refractivity contribution in [2.45, 2.75) is 31.5 Å². The molecule has 128 valence electrons. The molecule has 1 amide bonds. The van der Waals surface area contributed by atoms with Gasteiger partial charge < -0.3 is 4.90 Å². The molecular weight excluding hydrogens is 319 g/mol. The van der Waals surface area contributed by atoms with Gasteiger partial charge in [0.05, 0.1) is 23.4 Å². The summed E-state index contributed by atoms with van der Waals surface area (Å²) >= 11 is 0. The maximum absolute atomic E-state index is 12.7. The zero-order valence-electron chi connectivity index (χ0n) is 13.3. The Morgan fingerprint density at radius 2 is 1.92 bits per heavy atom. The van der Waals surface area contributed by atoms with E-state index in [0.29, 0.717) is 12.1 Å². The van der Waals surface area contributed by atoms with Gasteiger partial charge in [0.25, 0.3) is 5.91 Å². The van der Waals surface area contributed by atoms with E-state index in [1.54, 1.807) is 22.8 Å². The van der Waals surface area contributed by atoms with Crippen LogP contribution in [0.5, 0.6) is 0 Å². The summed E-state index contributed by atoms with van der Waals surface area (Å²) in [6.45, 7) is 0.597. The van der Waals surface area contributed by atoms with E-state index < -0.39 is 11.7 Å². The smallest absolute Gasteiger partial charge is 0.332 e. The summed E-state index contributed by atoms with van der Waals surface area (Å²) in [5, 5.41) is 4.01. The van der Waals surface area contributed by atoms with E-state index in [2.05, 4.69) is 5.10 Å². The second-order valence-electron chi connectivity index (χ2n) is 6.03. The van der Waals surface area contributed by atoms with Crippen molar-refractivity contribution in [2.75, 3.05) is 6.54 Å². The van der Waals surface area contributed by atoms with Crippen LogP contribution in [-0.4, -0.2) is 27.1 Å². The van der Waals surface area contributed by atoms with E-state index >= 15 is 0 Å². The molecule has 1 aliphatic rings. The van der Waals surface area contributed by atoms with Gasteiger partial charge in [0, 0.05) is 19.8 Å². The van der Waals surface area contributed by atoms with Gasteiger partial charge in [-0.2, -0.15) is 18.3 Å². The maximum Gasteiger partial charge on any atom is 0.416 e. The molecule has 2 aromatic rings. The molecule has 1 atom stereocenters. The summed E-state index contributed by atoms with van der Waals surface area (Å²) in [5.74, 6) is -0.132. The molecule has 0 bridgehead atoms. The normalized spacial score (nSPS) is 18.7. The summed E-state index contributed by atoms with van der Waals surface area (Å²) in [5.41, 5.74) is 0.559. The molecule has 0 N–H and O–H groups in total. The van der Waals surface area contributed by atoms with Crippen LogP contribution >= 0.6 is 0 Å². The average Bonchev–Trinajstić information content (AvgIpc) is 3.00. The number of amides is 1. The standard InChI is InChI=1S/C17H18F3N3O/c1-22-11-13(10-21-22)16(24)23-9-3-2-4-15(23)12-5-7-14(8-6-12)17(18,19)20/h5-8,10-11,15H,2-4,9H2,1H3/t15-/m0/s1. The van der Waals surface area contributed by atoms with Crippen molar-refractivity contribution in [1.29, 1.82) is 0 Å². The number of rotatable bonds is 2. The third-order valence-electron chi connectivity index (χ3n) is 4.34. The van der Waals surface area contributed by atoms with E-state index in [0.717, 1.165) is 37.0 Å². The van der Waals surface area contributed by atoms with Gasteiger partial charge in [-0.1, -0.05) is 12.1 Å². The molecule has 1 aromatic heterocycles. The number of halogens is 3. The fourth-order valence-electron chi connectivity index (χ4n) is 3.11. The highest BCUT2D eigenvalue weighted by Gasteiger charge is 2.32. The predicted octanol–water partition coefficient (Wildman–Crippen LogP) is 3.81. The number of carbonyl (C=O) groups is 1. The third kappa shape index (κ3) is 3.29. The Kier molecular flexibility index (Phi) is 4.34. The zero-order valence-corrected chi connectivity index (χ0v) is 13.3. The second-order valence-corrected chi connectivity index (χ2v) is 6.03. The monoisotopic (exact) mass is 337 g/mol. The predicted molar refractivity (Wildman–Crippen MR) is 82.3 cm³/mol. The van der Waals surface area contributed by atoms with Crippen molar-refractivity contribution in [2.24, 2.45) is 7.05 Å². The first kappa shape index (κ1) is 16.5. The quantitative estimate of drug-likeness (QED) is 0.836. The summed E-state index contributed by atoms with van der Waals surface area (Å²) in [6, 6.07) is 4.91. The lowest BCUT2D eigenvalue weighted by molar-refractivity contribution is -0.137. The fraction of sp³-hybridized carbons (Fsp3) is 0.412. The van der Waals surface area contributed by atoms with Crippen LogP contribution in [0.15, 0.2) is 36.7 Å². The van der Waals surface area contributed by atoms with E-state index in [1.165, 1.54) is 18.3 Å². The van der Waals surface area contributed by atoms with Crippen LogP contribution in [0.3, 0.4) is 0 Å². The number of benzene rings is 1. The highest BCUT2D eigenvalue weighted by molar-refractivity contribution is 5.94. The van der Waals surface area contributed by atoms with Gasteiger partial charge in [0.2, 0.25) is 0 Å². The molecule has 0 radical (unpaired) electrons. The lowest BCUT2D eigenvalue weighted by atomic mass is 9.94. The molecule has 7 heteroatoms. The van der Waals surface area contributed by atoms with Crippen molar-refractivity contribution in [3.05, 3.63) is 53.3 Å². The molecular formula is C17H18F3N3O. The lowest BCUT2D eigenvalue weighted by Crippen LogP contribution is -2.38. The molecule has 1 aromatic carbocycles. The fourth-order valence-corrected chi connectivity index (χ4v) is 3.11. The van der Waals surface area contributed by atoms with Crippen LogP contribution < -0.4 is 0 Å². The number of aromatic nitrogens is 2. The summed E-state index contributed by atoms with van der Waals surface area (Å²) in [6.07, 6.45) is 1.40. The van der Waals surface area contributed by atoms with Crippen LogP contribution in [-0.2, 0) is 13.2 Å². The van der Waals surface area contributed by atoms with Gasteiger partial charge >= 0.3 is 6.18 Å². The van der Waals surface area contributed by atoms with Crippen molar-refractivity contribution < 1.29 is 18.0 Å². The molecule has 3 rings (SSSR count). The van der Waals surface area contributed by atoms with Crippen molar-refractivity contribution >= 4 is 5.91 Å². The summed E-state index contributed by atoms with van der Waals surface area (Å²) < 4.78 is 39.7. The van der Waals surface area contributed by atoms with Crippen LogP contribution in [0.25, 0.3) is 0 Å². The minimum atomic E-state index is -4.35. The molecule has 0 saturated carbocycles. The SMILES string of the molecule is Cn1cc(C(=O)N2CCCC[C@H]2c2ccc(C(F)(F)F)cc2)cn1. The summed E-state index contributed by atoms with van der Waals surface area (Å²) in [4.78, 5) is 14.5. The second kappa shape index (κ2) is 6.30. The molecule has 0 unspecified atom stereocenters. The Balaban J connectivity index is 1.85. The first-order valence-corrected chi connectivity index (χ1v) is 7.83. The van der Waals surface area contributed by atoms with Gasteiger partial charge in [0.1, 0.15) is 0 Å². The van der Waals surface area contributed by atoms with Gasteiger partial charge in [-0.05, 0) is 37.0 Å². The molecule has 1 fully saturated rings. The van der Waals surface area contributed by atoms with Gasteiger partial charge in [0.15, 0.2) is 0 Å². The Hall–Kier alpha value is -2.31. The maximum atomic E-state index is 12.7. The largest absolute Gasteiger partial charge is 0.416 e. The van der Waals surface area contributed by atoms with Crippen molar-refractivity contribution in [1.82, 2.24) is 14.7 Å². The Bertz CT molecular complexity index is 721. The van der Waals surface area contributed by atoms with Crippen molar-refractivity contribution in [3.8, 4) is 0 Å². The number of hydrogen-bond donors (Lipinski definition) is 0. The van der Waals surface area contributed by atoms with Gasteiger partial charge in [-0.3, -0.25) is 9.48 Å². The molecule has 2 heterocycles. The molecule has 1 saturated heterocycles. The number of carbonyl (C=O) groups excluding carboxylic acids is 1. The first-order chi connectivity index (χ1) is 11.4. The van der Waals surface area contributed by atoms with Crippen LogP contribution in [0.2, 0.25) is 0 Å².